The number of halogens is 2. The molecule has 0 aromatic heterocycles. The van der Waals surface area contributed by atoms with Crippen molar-refractivity contribution in [2.24, 2.45) is 0 Å². The summed E-state index contributed by atoms with van der Waals surface area (Å²) in [6.07, 6.45) is 0.668. The molecule has 1 aliphatic heterocycles. The third kappa shape index (κ3) is 1.81. The van der Waals surface area contributed by atoms with E-state index < -0.39 is 11.6 Å². The van der Waals surface area contributed by atoms with Crippen LogP contribution in [-0.4, -0.2) is 13.2 Å². The molecule has 1 atom stereocenters. The van der Waals surface area contributed by atoms with Gasteiger partial charge in [-0.3, -0.25) is 0 Å². The Labute approximate surface area is 87.2 Å². The number of nitrogens with one attached hydrogen (secondary N) is 1. The van der Waals surface area contributed by atoms with Gasteiger partial charge in [-0.25, -0.2) is 8.78 Å². The Balaban J connectivity index is 2.45. The predicted molar refractivity (Wildman–Crippen MR) is 52.9 cm³/mol. The maximum absolute atomic E-state index is 13.5. The van der Waals surface area contributed by atoms with Crippen molar-refractivity contribution in [3.63, 3.8) is 0 Å². The van der Waals surface area contributed by atoms with Crippen LogP contribution in [0.3, 0.4) is 0 Å². The second kappa shape index (κ2) is 4.14. The van der Waals surface area contributed by atoms with Crippen molar-refractivity contribution >= 4 is 0 Å². The van der Waals surface area contributed by atoms with Crippen molar-refractivity contribution in [2.75, 3.05) is 13.2 Å². The number of benzene rings is 1. The molecule has 0 radical (unpaired) electrons. The van der Waals surface area contributed by atoms with E-state index in [1.807, 2.05) is 6.92 Å². The first-order valence-corrected chi connectivity index (χ1v) is 5.08. The van der Waals surface area contributed by atoms with Gasteiger partial charge in [-0.15, -0.1) is 0 Å². The van der Waals surface area contributed by atoms with Crippen molar-refractivity contribution in [1.82, 2.24) is 5.32 Å². The van der Waals surface area contributed by atoms with E-state index in [0.29, 0.717) is 18.6 Å². The van der Waals surface area contributed by atoms with Gasteiger partial charge < -0.3 is 10.1 Å². The van der Waals surface area contributed by atoms with Crippen LogP contribution < -0.4 is 10.1 Å². The van der Waals surface area contributed by atoms with Crippen LogP contribution in [0.2, 0.25) is 0 Å². The third-order valence-electron chi connectivity index (χ3n) is 2.55. The smallest absolute Gasteiger partial charge is 0.165 e. The number of fused-ring (bicyclic) bond motifs is 1. The van der Waals surface area contributed by atoms with Gasteiger partial charge in [-0.05, 0) is 18.7 Å². The number of hydrogen-bond acceptors (Lipinski definition) is 2. The van der Waals surface area contributed by atoms with Crippen LogP contribution in [0.25, 0.3) is 0 Å². The third-order valence-corrected chi connectivity index (χ3v) is 2.55. The van der Waals surface area contributed by atoms with Crippen molar-refractivity contribution in [3.05, 3.63) is 29.3 Å². The molecule has 0 fully saturated rings. The van der Waals surface area contributed by atoms with Gasteiger partial charge in [0.25, 0.3) is 0 Å². The van der Waals surface area contributed by atoms with Crippen LogP contribution in [0.15, 0.2) is 12.1 Å². The summed E-state index contributed by atoms with van der Waals surface area (Å²) in [6, 6.07) is 2.10. The molecule has 1 aromatic carbocycles. The summed E-state index contributed by atoms with van der Waals surface area (Å²) in [6.45, 7) is 3.08. The molecule has 1 N–H and O–H groups in total. The van der Waals surface area contributed by atoms with Gasteiger partial charge in [0.15, 0.2) is 11.6 Å². The number of hydrogen-bond donors (Lipinski definition) is 1. The molecule has 0 spiro atoms. The highest BCUT2D eigenvalue weighted by Gasteiger charge is 2.26. The largest absolute Gasteiger partial charge is 0.490 e. The summed E-state index contributed by atoms with van der Waals surface area (Å²) in [5.41, 5.74) is 0.322. The lowest BCUT2D eigenvalue weighted by Crippen LogP contribution is -2.28. The van der Waals surface area contributed by atoms with Crippen LogP contribution in [0.5, 0.6) is 5.75 Å². The molecule has 0 bridgehead atoms. The molecule has 1 heterocycles. The van der Waals surface area contributed by atoms with E-state index in [-0.39, 0.29) is 11.8 Å². The van der Waals surface area contributed by atoms with Gasteiger partial charge in [-0.1, -0.05) is 6.92 Å². The van der Waals surface area contributed by atoms with Crippen LogP contribution in [0.4, 0.5) is 8.78 Å². The van der Waals surface area contributed by atoms with Crippen LogP contribution in [-0.2, 0) is 0 Å². The first-order chi connectivity index (χ1) is 7.24. The fraction of sp³-hybridized carbons (Fsp3) is 0.455. The highest BCUT2D eigenvalue weighted by molar-refractivity contribution is 5.40. The van der Waals surface area contributed by atoms with E-state index in [1.165, 1.54) is 0 Å². The Morgan fingerprint density at radius 1 is 1.40 bits per heavy atom. The summed E-state index contributed by atoms with van der Waals surface area (Å²) in [5.74, 6) is -0.835. The fourth-order valence-corrected chi connectivity index (χ4v) is 1.89. The molecule has 82 valence electrons. The Morgan fingerprint density at radius 2 is 2.13 bits per heavy atom. The zero-order valence-corrected chi connectivity index (χ0v) is 8.52. The van der Waals surface area contributed by atoms with Crippen LogP contribution in [0.1, 0.15) is 24.9 Å². The van der Waals surface area contributed by atoms with Crippen molar-refractivity contribution in [2.45, 2.75) is 19.4 Å². The lowest BCUT2D eigenvalue weighted by Gasteiger charge is -2.27. The number of ether oxygens (including phenoxy) is 1. The molecular formula is C11H13F2NO. The molecule has 0 saturated carbocycles. The zero-order valence-electron chi connectivity index (χ0n) is 8.52. The van der Waals surface area contributed by atoms with Gasteiger partial charge in [0.05, 0.1) is 6.61 Å². The molecule has 4 heteroatoms. The molecule has 15 heavy (non-hydrogen) atoms. The van der Waals surface area contributed by atoms with E-state index in [9.17, 15) is 8.78 Å². The summed E-state index contributed by atoms with van der Waals surface area (Å²) in [4.78, 5) is 0. The average Bonchev–Trinajstić information content (AvgIpc) is 2.24. The van der Waals surface area contributed by atoms with E-state index in [1.54, 1.807) is 0 Å². The summed E-state index contributed by atoms with van der Waals surface area (Å²) in [7, 11) is 0. The maximum Gasteiger partial charge on any atom is 0.165 e. The van der Waals surface area contributed by atoms with Crippen molar-refractivity contribution < 1.29 is 13.5 Å². The minimum Gasteiger partial charge on any atom is -0.490 e. The van der Waals surface area contributed by atoms with Crippen molar-refractivity contribution in [3.8, 4) is 5.75 Å². The standard InChI is InChI=1S/C11H13F2NO/c1-2-14-9-5-6-15-11-8(13)4-3-7(12)10(9)11/h3-4,9,14H,2,5-6H2,1H3. The Bertz CT molecular complexity index is 368. The lowest BCUT2D eigenvalue weighted by molar-refractivity contribution is 0.236. The normalized spacial score (nSPS) is 19.5. The summed E-state index contributed by atoms with van der Waals surface area (Å²) in [5, 5.41) is 3.12. The van der Waals surface area contributed by atoms with Gasteiger partial charge in [0.2, 0.25) is 0 Å². The highest BCUT2D eigenvalue weighted by atomic mass is 19.1. The zero-order chi connectivity index (χ0) is 10.8. The molecule has 0 saturated heterocycles. The predicted octanol–water partition coefficient (Wildman–Crippen LogP) is 2.40. The fourth-order valence-electron chi connectivity index (χ4n) is 1.89. The van der Waals surface area contributed by atoms with Crippen LogP contribution in [0, 0.1) is 11.6 Å². The molecule has 2 rings (SSSR count). The molecule has 1 unspecified atom stereocenters. The Kier molecular flexibility index (Phi) is 2.86. The average molecular weight is 213 g/mol. The van der Waals surface area contributed by atoms with Gasteiger partial charge >= 0.3 is 0 Å². The first-order valence-electron chi connectivity index (χ1n) is 5.08. The van der Waals surface area contributed by atoms with E-state index >= 15 is 0 Å². The molecular weight excluding hydrogens is 200 g/mol. The minimum atomic E-state index is -0.492. The SMILES string of the molecule is CCNC1CCOc2c(F)ccc(F)c21. The maximum atomic E-state index is 13.5. The van der Waals surface area contributed by atoms with Gasteiger partial charge in [0, 0.05) is 18.0 Å². The molecule has 0 amide bonds. The molecule has 1 aromatic rings. The lowest BCUT2D eigenvalue weighted by atomic mass is 9.99. The topological polar surface area (TPSA) is 21.3 Å². The summed E-state index contributed by atoms with van der Waals surface area (Å²) < 4.78 is 32.0. The second-order valence-corrected chi connectivity index (χ2v) is 3.52. The summed E-state index contributed by atoms with van der Waals surface area (Å²) >= 11 is 0. The van der Waals surface area contributed by atoms with E-state index in [0.717, 1.165) is 18.7 Å². The Hall–Kier alpha value is -1.16. The van der Waals surface area contributed by atoms with E-state index in [2.05, 4.69) is 5.32 Å². The van der Waals surface area contributed by atoms with E-state index in [4.69, 9.17) is 4.74 Å². The Morgan fingerprint density at radius 3 is 2.87 bits per heavy atom. The number of rotatable bonds is 2. The molecule has 0 aliphatic carbocycles. The molecule has 1 aliphatic rings. The monoisotopic (exact) mass is 213 g/mol. The minimum absolute atomic E-state index is 0.0622. The van der Waals surface area contributed by atoms with Gasteiger partial charge in [0.1, 0.15) is 5.82 Å². The van der Waals surface area contributed by atoms with Crippen molar-refractivity contribution in [1.29, 1.82) is 0 Å². The first kappa shape index (κ1) is 10.4. The van der Waals surface area contributed by atoms with Gasteiger partial charge in [-0.2, -0.15) is 0 Å². The second-order valence-electron chi connectivity index (χ2n) is 3.52. The highest BCUT2D eigenvalue weighted by Crippen LogP contribution is 2.35. The molecule has 2 nitrogen and oxygen atoms in total. The quantitative estimate of drug-likeness (QED) is 0.814. The van der Waals surface area contributed by atoms with Crippen LogP contribution >= 0.6 is 0 Å².